The molecule has 1 aromatic carbocycles. The van der Waals surface area contributed by atoms with Gasteiger partial charge in [0.15, 0.2) is 12.4 Å². The maximum absolute atomic E-state index is 12.8. The lowest BCUT2D eigenvalue weighted by Crippen LogP contribution is -2.16. The Kier molecular flexibility index (Phi) is 6.87. The van der Waals surface area contributed by atoms with Crippen molar-refractivity contribution in [1.82, 2.24) is 9.78 Å². The first-order valence-electron chi connectivity index (χ1n) is 9.52. The van der Waals surface area contributed by atoms with Crippen molar-refractivity contribution in [1.29, 1.82) is 0 Å². The number of hydrogen-bond donors (Lipinski definition) is 1. The maximum atomic E-state index is 12.8. The first kappa shape index (κ1) is 23.3. The molecule has 0 unspecified atom stereocenters. The molecule has 0 aliphatic heterocycles. The fourth-order valence-electron chi connectivity index (χ4n) is 2.79. The molecule has 7 nitrogen and oxygen atoms in total. The molecule has 0 radical (unpaired) electrons. The van der Waals surface area contributed by atoms with E-state index in [0.717, 1.165) is 22.6 Å². The fraction of sp³-hybridized carbons (Fsp3) is 0.286. The number of aryl methyl sites for hydroxylation is 1. The third-order valence-corrected chi connectivity index (χ3v) is 5.61. The van der Waals surface area contributed by atoms with Crippen molar-refractivity contribution in [2.45, 2.75) is 33.7 Å². The van der Waals surface area contributed by atoms with E-state index >= 15 is 0 Å². The highest BCUT2D eigenvalue weighted by Crippen LogP contribution is 2.33. The van der Waals surface area contributed by atoms with Crippen LogP contribution >= 0.6 is 11.3 Å². The number of benzene rings is 1. The van der Waals surface area contributed by atoms with E-state index in [2.05, 4.69) is 10.4 Å². The van der Waals surface area contributed by atoms with Crippen molar-refractivity contribution in [2.75, 3.05) is 11.9 Å². The Bertz CT molecular complexity index is 1140. The Morgan fingerprint density at radius 2 is 1.97 bits per heavy atom. The highest BCUT2D eigenvalue weighted by molar-refractivity contribution is 7.16. The molecule has 2 aromatic heterocycles. The SMILES string of the molecule is CCOC(=O)c1c(NC(=O)c2ccn(COc3cccc(C(F)(F)F)c3)n2)sc(C)c1C. The third kappa shape index (κ3) is 5.28. The summed E-state index contributed by atoms with van der Waals surface area (Å²) in [6.07, 6.45) is -3.02. The van der Waals surface area contributed by atoms with Gasteiger partial charge in [-0.05, 0) is 50.6 Å². The van der Waals surface area contributed by atoms with Crippen molar-refractivity contribution < 1.29 is 32.2 Å². The van der Waals surface area contributed by atoms with Crippen LogP contribution in [0, 0.1) is 13.8 Å². The molecule has 0 atom stereocenters. The largest absolute Gasteiger partial charge is 0.471 e. The minimum atomic E-state index is -4.47. The second-order valence-corrected chi connectivity index (χ2v) is 7.93. The Morgan fingerprint density at radius 3 is 2.66 bits per heavy atom. The molecule has 1 N–H and O–H groups in total. The highest BCUT2D eigenvalue weighted by Gasteiger charge is 2.30. The molecule has 0 bridgehead atoms. The van der Waals surface area contributed by atoms with Crippen molar-refractivity contribution in [3.8, 4) is 5.75 Å². The molecule has 0 saturated carbocycles. The van der Waals surface area contributed by atoms with Gasteiger partial charge >= 0.3 is 12.1 Å². The molecule has 0 spiro atoms. The molecule has 0 aliphatic carbocycles. The Morgan fingerprint density at radius 1 is 1.22 bits per heavy atom. The summed E-state index contributed by atoms with van der Waals surface area (Å²) in [4.78, 5) is 25.7. The lowest BCUT2D eigenvalue weighted by atomic mass is 10.1. The average Bonchev–Trinajstić information content (AvgIpc) is 3.31. The smallest absolute Gasteiger partial charge is 0.416 e. The molecule has 3 rings (SSSR count). The predicted molar refractivity (Wildman–Crippen MR) is 112 cm³/mol. The van der Waals surface area contributed by atoms with Crippen LogP contribution in [0.4, 0.5) is 18.2 Å². The summed E-state index contributed by atoms with van der Waals surface area (Å²) in [6, 6.07) is 5.90. The molecular weight excluding hydrogens is 447 g/mol. The zero-order chi connectivity index (χ0) is 23.5. The Balaban J connectivity index is 1.68. The van der Waals surface area contributed by atoms with E-state index in [4.69, 9.17) is 9.47 Å². The van der Waals surface area contributed by atoms with Crippen molar-refractivity contribution >= 4 is 28.2 Å². The monoisotopic (exact) mass is 467 g/mol. The van der Waals surface area contributed by atoms with Gasteiger partial charge in [0.25, 0.3) is 5.91 Å². The number of thiophene rings is 1. The highest BCUT2D eigenvalue weighted by atomic mass is 32.1. The molecule has 170 valence electrons. The summed E-state index contributed by atoms with van der Waals surface area (Å²) >= 11 is 1.25. The number of halogens is 3. The van der Waals surface area contributed by atoms with Gasteiger partial charge in [-0.15, -0.1) is 11.3 Å². The molecule has 0 fully saturated rings. The fourth-order valence-corrected chi connectivity index (χ4v) is 3.83. The van der Waals surface area contributed by atoms with Crippen molar-refractivity contribution in [3.63, 3.8) is 0 Å². The summed E-state index contributed by atoms with van der Waals surface area (Å²) < 4.78 is 50.1. The molecule has 32 heavy (non-hydrogen) atoms. The first-order valence-corrected chi connectivity index (χ1v) is 10.3. The molecule has 1 amide bonds. The number of alkyl halides is 3. The standard InChI is InChI=1S/C21H20F3N3O4S/c1-4-30-20(29)17-12(2)13(3)32-19(17)25-18(28)16-8-9-27(26-16)11-31-15-7-5-6-14(10-15)21(22,23)24/h5-10H,4,11H2,1-3H3,(H,25,28). The number of amides is 1. The second kappa shape index (κ2) is 9.43. The number of ether oxygens (including phenoxy) is 2. The van der Waals surface area contributed by atoms with Crippen LogP contribution in [0.5, 0.6) is 5.75 Å². The summed E-state index contributed by atoms with van der Waals surface area (Å²) in [7, 11) is 0. The van der Waals surface area contributed by atoms with Gasteiger partial charge in [-0.2, -0.15) is 18.3 Å². The minimum Gasteiger partial charge on any atom is -0.471 e. The maximum Gasteiger partial charge on any atom is 0.416 e. The minimum absolute atomic E-state index is 0.0185. The summed E-state index contributed by atoms with van der Waals surface area (Å²) in [5.41, 5.74) is 0.254. The number of nitrogens with zero attached hydrogens (tertiary/aromatic N) is 2. The van der Waals surface area contributed by atoms with E-state index in [0.29, 0.717) is 10.6 Å². The number of anilines is 1. The average molecular weight is 467 g/mol. The van der Waals surface area contributed by atoms with Crippen LogP contribution in [0.1, 0.15) is 43.8 Å². The van der Waals surface area contributed by atoms with Gasteiger partial charge in [0.1, 0.15) is 10.8 Å². The molecule has 2 heterocycles. The van der Waals surface area contributed by atoms with E-state index in [9.17, 15) is 22.8 Å². The molecular formula is C21H20F3N3O4S. The zero-order valence-electron chi connectivity index (χ0n) is 17.4. The number of carbonyl (C=O) groups excluding carboxylic acids is 2. The zero-order valence-corrected chi connectivity index (χ0v) is 18.3. The van der Waals surface area contributed by atoms with Gasteiger partial charge in [-0.3, -0.25) is 4.79 Å². The lowest BCUT2D eigenvalue weighted by Gasteiger charge is -2.10. The van der Waals surface area contributed by atoms with Crippen LogP contribution in [0.15, 0.2) is 36.5 Å². The summed E-state index contributed by atoms with van der Waals surface area (Å²) in [5, 5.41) is 7.11. The van der Waals surface area contributed by atoms with Crippen molar-refractivity contribution in [2.24, 2.45) is 0 Å². The number of carbonyl (C=O) groups is 2. The first-order chi connectivity index (χ1) is 15.1. The van der Waals surface area contributed by atoms with Gasteiger partial charge in [0.05, 0.1) is 17.7 Å². The van der Waals surface area contributed by atoms with Crippen LogP contribution in [-0.4, -0.2) is 28.3 Å². The van der Waals surface area contributed by atoms with Crippen LogP contribution in [-0.2, 0) is 17.6 Å². The topological polar surface area (TPSA) is 82.5 Å². The van der Waals surface area contributed by atoms with Crippen LogP contribution in [0.2, 0.25) is 0 Å². The number of hydrogen-bond acceptors (Lipinski definition) is 6. The van der Waals surface area contributed by atoms with Gasteiger partial charge in [-0.1, -0.05) is 6.07 Å². The number of rotatable bonds is 7. The molecule has 0 aliphatic rings. The molecule has 3 aromatic rings. The van der Waals surface area contributed by atoms with E-state index in [-0.39, 0.29) is 24.8 Å². The second-order valence-electron chi connectivity index (χ2n) is 6.70. The van der Waals surface area contributed by atoms with E-state index < -0.39 is 23.6 Å². The third-order valence-electron chi connectivity index (χ3n) is 4.49. The normalized spacial score (nSPS) is 11.3. The van der Waals surface area contributed by atoms with E-state index in [1.54, 1.807) is 13.8 Å². The summed E-state index contributed by atoms with van der Waals surface area (Å²) in [5.74, 6) is -1.05. The number of aromatic nitrogens is 2. The molecule has 11 heteroatoms. The van der Waals surface area contributed by atoms with Gasteiger partial charge < -0.3 is 14.8 Å². The van der Waals surface area contributed by atoms with E-state index in [1.165, 1.54) is 40.4 Å². The predicted octanol–water partition coefficient (Wildman–Crippen LogP) is 5.05. The van der Waals surface area contributed by atoms with Crippen LogP contribution in [0.25, 0.3) is 0 Å². The summed E-state index contributed by atoms with van der Waals surface area (Å²) in [6.45, 7) is 5.31. The van der Waals surface area contributed by atoms with Gasteiger partial charge in [-0.25, -0.2) is 9.48 Å². The Labute approximate surface area is 185 Å². The van der Waals surface area contributed by atoms with Crippen molar-refractivity contribution in [3.05, 3.63) is 63.8 Å². The van der Waals surface area contributed by atoms with Crippen LogP contribution in [0.3, 0.4) is 0 Å². The number of nitrogens with one attached hydrogen (secondary N) is 1. The quantitative estimate of drug-likeness (QED) is 0.492. The van der Waals surface area contributed by atoms with Gasteiger partial charge in [0, 0.05) is 11.1 Å². The van der Waals surface area contributed by atoms with E-state index in [1.807, 2.05) is 6.92 Å². The van der Waals surface area contributed by atoms with Gasteiger partial charge in [0.2, 0.25) is 0 Å². The lowest BCUT2D eigenvalue weighted by molar-refractivity contribution is -0.137. The number of esters is 1. The Hall–Kier alpha value is -3.34. The molecule has 0 saturated heterocycles. The van der Waals surface area contributed by atoms with Crippen LogP contribution < -0.4 is 10.1 Å².